The minimum absolute atomic E-state index is 0.0961. The van der Waals surface area contributed by atoms with Gasteiger partial charge in [-0.15, -0.1) is 0 Å². The lowest BCUT2D eigenvalue weighted by Gasteiger charge is -2.17. The van der Waals surface area contributed by atoms with Crippen LogP contribution in [0.4, 0.5) is 0 Å². The maximum Gasteiger partial charge on any atom is 0.263 e. The second-order valence-electron chi connectivity index (χ2n) is 12.3. The molecule has 0 spiro atoms. The molecule has 0 amide bonds. The number of fused-ring (bicyclic) bond motifs is 10. The Labute approximate surface area is 285 Å². The van der Waals surface area contributed by atoms with Crippen molar-refractivity contribution in [2.75, 3.05) is 0 Å². The molecule has 4 aromatic heterocycles. The molecule has 234 valence electrons. The van der Waals surface area contributed by atoms with Crippen molar-refractivity contribution in [3.63, 3.8) is 0 Å². The standard InChI is InChI=1S/C43H26N6O/c50-43-32-21-11-10-20-31(32)37-33-26-29(41-46-39(27-14-4-1-5-15-27)45-40(47-41)28-16-6-2-7-17-28)24-25-35(33)49-36-23-13-12-22-34(36)44-42(49)38(37)48(43)30-18-8-3-9-19-30/h1-26H. The first kappa shape index (κ1) is 28.1. The molecule has 7 nitrogen and oxygen atoms in total. The van der Waals surface area contributed by atoms with Crippen LogP contribution in [0.3, 0.4) is 0 Å². The molecule has 4 heterocycles. The average molecular weight is 643 g/mol. The Balaban J connectivity index is 1.38. The summed E-state index contributed by atoms with van der Waals surface area (Å²) in [6.45, 7) is 0. The summed E-state index contributed by atoms with van der Waals surface area (Å²) in [5.41, 5.74) is 7.56. The summed E-state index contributed by atoms with van der Waals surface area (Å²) in [4.78, 5) is 34.6. The summed E-state index contributed by atoms with van der Waals surface area (Å²) < 4.78 is 3.98. The fourth-order valence-corrected chi connectivity index (χ4v) is 7.09. The van der Waals surface area contributed by atoms with Crippen molar-refractivity contribution in [3.05, 3.63) is 168 Å². The molecule has 10 rings (SSSR count). The Kier molecular flexibility index (Phi) is 6.19. The highest BCUT2D eigenvalue weighted by molar-refractivity contribution is 6.23. The smallest absolute Gasteiger partial charge is 0.263 e. The summed E-state index contributed by atoms with van der Waals surface area (Å²) in [5, 5.41) is 3.39. The lowest BCUT2D eigenvalue weighted by atomic mass is 10.00. The molecule has 0 bridgehead atoms. The van der Waals surface area contributed by atoms with Gasteiger partial charge in [0.1, 0.15) is 5.52 Å². The minimum Gasteiger partial charge on any atom is -0.290 e. The van der Waals surface area contributed by atoms with Crippen LogP contribution in [0.2, 0.25) is 0 Å². The number of para-hydroxylation sites is 3. The minimum atomic E-state index is -0.0961. The Morgan fingerprint density at radius 1 is 0.440 bits per heavy atom. The lowest BCUT2D eigenvalue weighted by Crippen LogP contribution is -2.20. The molecular formula is C43H26N6O. The van der Waals surface area contributed by atoms with Crippen molar-refractivity contribution in [1.82, 2.24) is 28.9 Å². The number of pyridine rings is 2. The van der Waals surface area contributed by atoms with Gasteiger partial charge in [0.2, 0.25) is 0 Å². The van der Waals surface area contributed by atoms with Crippen LogP contribution in [-0.4, -0.2) is 28.9 Å². The van der Waals surface area contributed by atoms with Crippen LogP contribution >= 0.6 is 0 Å². The highest BCUT2D eigenvalue weighted by Gasteiger charge is 2.22. The maximum absolute atomic E-state index is 14.5. The van der Waals surface area contributed by atoms with Crippen LogP contribution < -0.4 is 5.56 Å². The maximum atomic E-state index is 14.5. The molecule has 0 saturated heterocycles. The van der Waals surface area contributed by atoms with E-state index in [0.717, 1.165) is 60.6 Å². The first-order chi connectivity index (χ1) is 24.7. The second-order valence-corrected chi connectivity index (χ2v) is 12.3. The molecule has 0 N–H and O–H groups in total. The Morgan fingerprint density at radius 2 is 1.00 bits per heavy atom. The molecule has 7 heteroatoms. The summed E-state index contributed by atoms with van der Waals surface area (Å²) in [6.07, 6.45) is 0. The van der Waals surface area contributed by atoms with Crippen LogP contribution in [0.25, 0.3) is 89.1 Å². The zero-order chi connectivity index (χ0) is 33.2. The van der Waals surface area contributed by atoms with Gasteiger partial charge >= 0.3 is 0 Å². The van der Waals surface area contributed by atoms with Crippen molar-refractivity contribution in [2.45, 2.75) is 0 Å². The van der Waals surface area contributed by atoms with E-state index < -0.39 is 0 Å². The number of nitrogens with zero attached hydrogens (tertiary/aromatic N) is 6. The molecule has 0 fully saturated rings. The monoisotopic (exact) mass is 642 g/mol. The van der Waals surface area contributed by atoms with Gasteiger partial charge in [0.05, 0.1) is 16.6 Å². The third-order valence-corrected chi connectivity index (χ3v) is 9.34. The second kappa shape index (κ2) is 11.0. The number of benzene rings is 6. The van der Waals surface area contributed by atoms with Crippen molar-refractivity contribution >= 4 is 49.3 Å². The molecular weight excluding hydrogens is 617 g/mol. The predicted molar refractivity (Wildman–Crippen MR) is 201 cm³/mol. The zero-order valence-corrected chi connectivity index (χ0v) is 26.6. The largest absolute Gasteiger partial charge is 0.290 e. The summed E-state index contributed by atoms with van der Waals surface area (Å²) in [5.74, 6) is 1.75. The van der Waals surface area contributed by atoms with Crippen LogP contribution in [0.15, 0.2) is 163 Å². The van der Waals surface area contributed by atoms with Crippen LogP contribution in [-0.2, 0) is 0 Å². The van der Waals surface area contributed by atoms with Crippen molar-refractivity contribution < 1.29 is 0 Å². The highest BCUT2D eigenvalue weighted by Crippen LogP contribution is 2.38. The molecule has 0 aliphatic heterocycles. The fraction of sp³-hybridized carbons (Fsp3) is 0. The van der Waals surface area contributed by atoms with E-state index in [1.165, 1.54) is 0 Å². The average Bonchev–Trinajstić information content (AvgIpc) is 3.59. The summed E-state index contributed by atoms with van der Waals surface area (Å²) in [6, 6.07) is 52.0. The van der Waals surface area contributed by atoms with Gasteiger partial charge in [-0.2, -0.15) is 0 Å². The normalized spacial score (nSPS) is 11.7. The quantitative estimate of drug-likeness (QED) is 0.179. The van der Waals surface area contributed by atoms with E-state index >= 15 is 0 Å². The van der Waals surface area contributed by atoms with E-state index in [2.05, 4.69) is 28.7 Å². The van der Waals surface area contributed by atoms with E-state index in [0.29, 0.717) is 28.5 Å². The Hall–Kier alpha value is -6.99. The molecule has 0 unspecified atom stereocenters. The molecule has 0 aliphatic carbocycles. The number of hydrogen-bond donors (Lipinski definition) is 0. The van der Waals surface area contributed by atoms with Crippen molar-refractivity contribution in [1.29, 1.82) is 0 Å². The molecule has 0 aliphatic rings. The first-order valence-electron chi connectivity index (χ1n) is 16.5. The number of hydrogen-bond acceptors (Lipinski definition) is 5. The summed E-state index contributed by atoms with van der Waals surface area (Å²) >= 11 is 0. The lowest BCUT2D eigenvalue weighted by molar-refractivity contribution is 1.06. The number of rotatable bonds is 4. The van der Waals surface area contributed by atoms with Crippen molar-refractivity contribution in [2.24, 2.45) is 0 Å². The van der Waals surface area contributed by atoms with Gasteiger partial charge in [-0.25, -0.2) is 19.9 Å². The van der Waals surface area contributed by atoms with Gasteiger partial charge in [-0.3, -0.25) is 13.8 Å². The van der Waals surface area contributed by atoms with Gasteiger partial charge in [0, 0.05) is 38.5 Å². The molecule has 50 heavy (non-hydrogen) atoms. The Morgan fingerprint density at radius 3 is 1.68 bits per heavy atom. The van der Waals surface area contributed by atoms with Gasteiger partial charge in [0.15, 0.2) is 23.1 Å². The fourth-order valence-electron chi connectivity index (χ4n) is 7.09. The Bertz CT molecular complexity index is 2930. The first-order valence-corrected chi connectivity index (χ1v) is 16.5. The van der Waals surface area contributed by atoms with Gasteiger partial charge in [-0.05, 0) is 53.9 Å². The van der Waals surface area contributed by atoms with Crippen LogP contribution in [0.5, 0.6) is 0 Å². The molecule has 6 aromatic carbocycles. The topological polar surface area (TPSA) is 78.0 Å². The third kappa shape index (κ3) is 4.27. The molecule has 10 aromatic rings. The highest BCUT2D eigenvalue weighted by atomic mass is 16.1. The van der Waals surface area contributed by atoms with Gasteiger partial charge < -0.3 is 0 Å². The third-order valence-electron chi connectivity index (χ3n) is 9.34. The molecule has 0 atom stereocenters. The zero-order valence-electron chi connectivity index (χ0n) is 26.6. The van der Waals surface area contributed by atoms with E-state index in [4.69, 9.17) is 19.9 Å². The van der Waals surface area contributed by atoms with E-state index in [1.807, 2.05) is 138 Å². The van der Waals surface area contributed by atoms with Gasteiger partial charge in [0.25, 0.3) is 5.56 Å². The molecule has 0 saturated carbocycles. The van der Waals surface area contributed by atoms with Crippen LogP contribution in [0.1, 0.15) is 0 Å². The van der Waals surface area contributed by atoms with Crippen molar-refractivity contribution in [3.8, 4) is 39.9 Å². The van der Waals surface area contributed by atoms with E-state index in [1.54, 1.807) is 0 Å². The van der Waals surface area contributed by atoms with E-state index in [-0.39, 0.29) is 5.56 Å². The predicted octanol–water partition coefficient (Wildman–Crippen LogP) is 9.28. The number of aromatic nitrogens is 6. The van der Waals surface area contributed by atoms with E-state index in [9.17, 15) is 4.79 Å². The summed E-state index contributed by atoms with van der Waals surface area (Å²) in [7, 11) is 0. The molecule has 0 radical (unpaired) electrons. The number of imidazole rings is 1. The van der Waals surface area contributed by atoms with Crippen LogP contribution in [0, 0.1) is 0 Å². The SMILES string of the molecule is O=c1c2ccccc2c2c3cc(-c4nc(-c5ccccc5)nc(-c5ccccc5)n4)ccc3n3c4ccccc4nc3c2n1-c1ccccc1. The van der Waals surface area contributed by atoms with Gasteiger partial charge in [-0.1, -0.05) is 109 Å².